The van der Waals surface area contributed by atoms with Gasteiger partial charge in [0, 0.05) is 12.8 Å². The Hall–Kier alpha value is -0.900. The molecule has 0 aliphatic carbocycles. The van der Waals surface area contributed by atoms with E-state index in [0.29, 0.717) is 5.92 Å². The minimum absolute atomic E-state index is 0.587. The molecule has 1 fully saturated rings. The van der Waals surface area contributed by atoms with E-state index in [1.165, 1.54) is 6.42 Å². The maximum absolute atomic E-state index is 5.24. The molecule has 1 aromatic heterocycles. The van der Waals surface area contributed by atoms with Crippen molar-refractivity contribution in [1.29, 1.82) is 0 Å². The summed E-state index contributed by atoms with van der Waals surface area (Å²) in [6, 6.07) is 0. The summed E-state index contributed by atoms with van der Waals surface area (Å²) in [5, 5.41) is 7.37. The fourth-order valence-corrected chi connectivity index (χ4v) is 2.13. The Kier molecular flexibility index (Phi) is 3.93. The largest absolute Gasteiger partial charge is 0.339 e. The average Bonchev–Trinajstić information content (AvgIpc) is 2.84. The van der Waals surface area contributed by atoms with Crippen molar-refractivity contribution in [2.45, 2.75) is 39.5 Å². The van der Waals surface area contributed by atoms with Crippen molar-refractivity contribution in [1.82, 2.24) is 15.5 Å². The van der Waals surface area contributed by atoms with Gasteiger partial charge in [0.25, 0.3) is 0 Å². The van der Waals surface area contributed by atoms with Crippen LogP contribution in [-0.4, -0.2) is 23.2 Å². The third kappa shape index (κ3) is 3.30. The van der Waals surface area contributed by atoms with Gasteiger partial charge in [-0.05, 0) is 37.8 Å². The SMILES string of the molecule is CC(C)Cc1noc(CCC2CCNC2)n1. The molecule has 1 aromatic rings. The maximum atomic E-state index is 5.24. The second-order valence-corrected chi connectivity index (χ2v) is 5.10. The maximum Gasteiger partial charge on any atom is 0.226 e. The van der Waals surface area contributed by atoms with Gasteiger partial charge in [0.2, 0.25) is 5.89 Å². The summed E-state index contributed by atoms with van der Waals surface area (Å²) in [6.45, 7) is 6.64. The first kappa shape index (κ1) is 11.6. The number of nitrogens with zero attached hydrogens (tertiary/aromatic N) is 2. The van der Waals surface area contributed by atoms with Gasteiger partial charge < -0.3 is 9.84 Å². The molecule has 1 unspecified atom stereocenters. The van der Waals surface area contributed by atoms with E-state index in [0.717, 1.165) is 50.0 Å². The molecule has 0 saturated carbocycles. The highest BCUT2D eigenvalue weighted by Gasteiger charge is 2.16. The minimum Gasteiger partial charge on any atom is -0.339 e. The summed E-state index contributed by atoms with van der Waals surface area (Å²) in [5.74, 6) is 3.04. The van der Waals surface area contributed by atoms with Crippen LogP contribution in [0.25, 0.3) is 0 Å². The molecule has 0 radical (unpaired) electrons. The molecule has 0 spiro atoms. The third-order valence-corrected chi connectivity index (χ3v) is 3.03. The zero-order valence-electron chi connectivity index (χ0n) is 10.2. The first-order valence-corrected chi connectivity index (χ1v) is 6.26. The number of hydrogen-bond donors (Lipinski definition) is 1. The van der Waals surface area contributed by atoms with Gasteiger partial charge in [0.15, 0.2) is 5.82 Å². The average molecular weight is 223 g/mol. The minimum atomic E-state index is 0.587. The van der Waals surface area contributed by atoms with Gasteiger partial charge in [-0.1, -0.05) is 19.0 Å². The monoisotopic (exact) mass is 223 g/mol. The van der Waals surface area contributed by atoms with Gasteiger partial charge in [-0.25, -0.2) is 0 Å². The first-order valence-electron chi connectivity index (χ1n) is 6.26. The predicted molar refractivity (Wildman–Crippen MR) is 62.1 cm³/mol. The van der Waals surface area contributed by atoms with Gasteiger partial charge >= 0.3 is 0 Å². The summed E-state index contributed by atoms with van der Waals surface area (Å²) < 4.78 is 5.24. The zero-order valence-corrected chi connectivity index (χ0v) is 10.2. The smallest absolute Gasteiger partial charge is 0.226 e. The van der Waals surface area contributed by atoms with Crippen LogP contribution in [0.4, 0.5) is 0 Å². The molecule has 0 bridgehead atoms. The lowest BCUT2D eigenvalue weighted by atomic mass is 10.0. The lowest BCUT2D eigenvalue weighted by Gasteiger charge is -2.03. The molecule has 0 amide bonds. The van der Waals surface area contributed by atoms with Crippen molar-refractivity contribution in [2.75, 3.05) is 13.1 Å². The number of aryl methyl sites for hydroxylation is 1. The molecule has 2 rings (SSSR count). The third-order valence-electron chi connectivity index (χ3n) is 3.03. The summed E-state index contributed by atoms with van der Waals surface area (Å²) in [5.41, 5.74) is 0. The van der Waals surface area contributed by atoms with Gasteiger partial charge in [-0.15, -0.1) is 0 Å². The standard InChI is InChI=1S/C12H21N3O/c1-9(2)7-11-14-12(16-15-11)4-3-10-5-6-13-8-10/h9-10,13H,3-8H2,1-2H3. The van der Waals surface area contributed by atoms with Crippen molar-refractivity contribution in [3.63, 3.8) is 0 Å². The number of aromatic nitrogens is 2. The van der Waals surface area contributed by atoms with Crippen LogP contribution in [-0.2, 0) is 12.8 Å². The Labute approximate surface area is 96.8 Å². The van der Waals surface area contributed by atoms with Crippen LogP contribution in [0.3, 0.4) is 0 Å². The lowest BCUT2D eigenvalue weighted by molar-refractivity contribution is 0.358. The van der Waals surface area contributed by atoms with Gasteiger partial charge in [-0.3, -0.25) is 0 Å². The van der Waals surface area contributed by atoms with Crippen molar-refractivity contribution in [3.05, 3.63) is 11.7 Å². The Bertz CT molecular complexity index is 316. The second-order valence-electron chi connectivity index (χ2n) is 5.10. The van der Waals surface area contributed by atoms with Crippen LogP contribution in [0.15, 0.2) is 4.52 Å². The number of nitrogens with one attached hydrogen (secondary N) is 1. The van der Waals surface area contributed by atoms with Crippen LogP contribution in [0.5, 0.6) is 0 Å². The lowest BCUT2D eigenvalue weighted by Crippen LogP contribution is -2.09. The second kappa shape index (κ2) is 5.43. The number of hydrogen-bond acceptors (Lipinski definition) is 4. The molecule has 1 saturated heterocycles. The molecule has 90 valence electrons. The highest BCUT2D eigenvalue weighted by atomic mass is 16.5. The van der Waals surface area contributed by atoms with Crippen molar-refractivity contribution >= 4 is 0 Å². The fourth-order valence-electron chi connectivity index (χ4n) is 2.13. The predicted octanol–water partition coefficient (Wildman–Crippen LogP) is 1.81. The van der Waals surface area contributed by atoms with Crippen LogP contribution in [0.2, 0.25) is 0 Å². The molecular formula is C12H21N3O. The van der Waals surface area contributed by atoms with Gasteiger partial charge in [-0.2, -0.15) is 4.98 Å². The van der Waals surface area contributed by atoms with E-state index in [1.807, 2.05) is 0 Å². The molecular weight excluding hydrogens is 202 g/mol. The molecule has 1 atom stereocenters. The van der Waals surface area contributed by atoms with E-state index in [-0.39, 0.29) is 0 Å². The zero-order chi connectivity index (χ0) is 11.4. The topological polar surface area (TPSA) is 51.0 Å². The van der Waals surface area contributed by atoms with E-state index in [1.54, 1.807) is 0 Å². The first-order chi connectivity index (χ1) is 7.74. The fraction of sp³-hybridized carbons (Fsp3) is 0.833. The highest BCUT2D eigenvalue weighted by molar-refractivity contribution is 4.88. The van der Waals surface area contributed by atoms with Crippen molar-refractivity contribution < 1.29 is 4.52 Å². The molecule has 16 heavy (non-hydrogen) atoms. The molecule has 4 heteroatoms. The number of rotatable bonds is 5. The van der Waals surface area contributed by atoms with E-state index in [4.69, 9.17) is 4.52 Å². The van der Waals surface area contributed by atoms with Crippen LogP contribution in [0.1, 0.15) is 38.4 Å². The molecule has 2 heterocycles. The van der Waals surface area contributed by atoms with Crippen LogP contribution in [0, 0.1) is 11.8 Å². The normalized spacial score (nSPS) is 20.8. The van der Waals surface area contributed by atoms with Crippen LogP contribution >= 0.6 is 0 Å². The van der Waals surface area contributed by atoms with E-state index in [2.05, 4.69) is 29.3 Å². The summed E-state index contributed by atoms with van der Waals surface area (Å²) >= 11 is 0. The summed E-state index contributed by atoms with van der Waals surface area (Å²) in [6.07, 6.45) is 4.29. The van der Waals surface area contributed by atoms with Crippen molar-refractivity contribution in [2.24, 2.45) is 11.8 Å². The Balaban J connectivity index is 1.78. The summed E-state index contributed by atoms with van der Waals surface area (Å²) in [4.78, 5) is 4.41. The molecule has 1 aliphatic rings. The van der Waals surface area contributed by atoms with Gasteiger partial charge in [0.1, 0.15) is 0 Å². The Morgan fingerprint density at radius 1 is 1.50 bits per heavy atom. The van der Waals surface area contributed by atoms with Crippen molar-refractivity contribution in [3.8, 4) is 0 Å². The molecule has 4 nitrogen and oxygen atoms in total. The quantitative estimate of drug-likeness (QED) is 0.827. The van der Waals surface area contributed by atoms with Gasteiger partial charge in [0.05, 0.1) is 0 Å². The Morgan fingerprint density at radius 2 is 2.38 bits per heavy atom. The molecule has 1 N–H and O–H groups in total. The Morgan fingerprint density at radius 3 is 3.06 bits per heavy atom. The van der Waals surface area contributed by atoms with E-state index in [9.17, 15) is 0 Å². The molecule has 0 aromatic carbocycles. The molecule has 1 aliphatic heterocycles. The summed E-state index contributed by atoms with van der Waals surface area (Å²) in [7, 11) is 0. The highest BCUT2D eigenvalue weighted by Crippen LogP contribution is 2.15. The van der Waals surface area contributed by atoms with E-state index < -0.39 is 0 Å². The van der Waals surface area contributed by atoms with E-state index >= 15 is 0 Å². The van der Waals surface area contributed by atoms with Crippen LogP contribution < -0.4 is 5.32 Å².